The molecule has 28 heavy (non-hydrogen) atoms. The largest absolute Gasteiger partial charge is 0.347 e. The number of rotatable bonds is 4. The zero-order chi connectivity index (χ0) is 20.3. The van der Waals surface area contributed by atoms with Gasteiger partial charge in [-0.2, -0.15) is 15.4 Å². The quantitative estimate of drug-likeness (QED) is 0.756. The summed E-state index contributed by atoms with van der Waals surface area (Å²) < 4.78 is 0. The Morgan fingerprint density at radius 1 is 1.11 bits per heavy atom. The minimum atomic E-state index is -0.209. The lowest BCUT2D eigenvalue weighted by Crippen LogP contribution is -2.52. The number of aromatic amines is 1. The van der Waals surface area contributed by atoms with Crippen LogP contribution in [0, 0.1) is 12.8 Å². The van der Waals surface area contributed by atoms with E-state index in [2.05, 4.69) is 44.4 Å². The molecule has 2 amide bonds. The molecule has 0 radical (unpaired) electrons. The van der Waals surface area contributed by atoms with Crippen molar-refractivity contribution in [3.05, 3.63) is 11.4 Å². The zero-order valence-electron chi connectivity index (χ0n) is 17.4. The van der Waals surface area contributed by atoms with Gasteiger partial charge in [-0.05, 0) is 40.7 Å². The van der Waals surface area contributed by atoms with Crippen LogP contribution < -0.4 is 5.32 Å². The number of carbonyl (C=O) groups is 2. The summed E-state index contributed by atoms with van der Waals surface area (Å²) in [5.41, 5.74) is 0.927. The Morgan fingerprint density at radius 2 is 1.82 bits per heavy atom. The number of aryl methyl sites for hydroxylation is 1. The van der Waals surface area contributed by atoms with Crippen LogP contribution in [0.3, 0.4) is 0 Å². The van der Waals surface area contributed by atoms with Crippen LogP contribution in [-0.4, -0.2) is 100 Å². The average molecular weight is 392 g/mol. The molecule has 1 aromatic heterocycles. The third kappa shape index (κ3) is 4.88. The van der Waals surface area contributed by atoms with Crippen LogP contribution in [0.5, 0.6) is 0 Å². The Kier molecular flexibility index (Phi) is 6.66. The Bertz CT molecular complexity index is 682. The predicted octanol–water partition coefficient (Wildman–Crippen LogP) is 0.106. The summed E-state index contributed by atoms with van der Waals surface area (Å²) in [5.74, 6) is 0.0418. The fraction of sp³-hybridized carbons (Fsp3) is 0.789. The molecule has 0 bridgehead atoms. The smallest absolute Gasteiger partial charge is 0.274 e. The molecular weight excluding hydrogens is 358 g/mol. The van der Waals surface area contributed by atoms with Crippen LogP contribution in [-0.2, 0) is 4.79 Å². The molecule has 1 aromatic rings. The number of hydrogen-bond acceptors (Lipinski definition) is 6. The minimum Gasteiger partial charge on any atom is -0.347 e. The Morgan fingerprint density at radius 3 is 2.43 bits per heavy atom. The Hall–Kier alpha value is -2.00. The van der Waals surface area contributed by atoms with Crippen molar-refractivity contribution in [2.45, 2.75) is 45.7 Å². The van der Waals surface area contributed by atoms with Gasteiger partial charge in [-0.15, -0.1) is 0 Å². The number of amides is 2. The van der Waals surface area contributed by atoms with Gasteiger partial charge in [0.25, 0.3) is 5.91 Å². The molecule has 0 unspecified atom stereocenters. The lowest BCUT2D eigenvalue weighted by atomic mass is 9.99. The first-order valence-corrected chi connectivity index (χ1v) is 10.2. The molecule has 0 spiro atoms. The molecule has 2 aliphatic rings. The van der Waals surface area contributed by atoms with Crippen molar-refractivity contribution in [3.63, 3.8) is 0 Å². The van der Waals surface area contributed by atoms with Gasteiger partial charge >= 0.3 is 0 Å². The van der Waals surface area contributed by atoms with E-state index in [1.165, 1.54) is 0 Å². The van der Waals surface area contributed by atoms with Crippen molar-refractivity contribution >= 4 is 11.8 Å². The van der Waals surface area contributed by atoms with Gasteiger partial charge in [0.2, 0.25) is 5.91 Å². The molecule has 9 nitrogen and oxygen atoms in total. The fourth-order valence-electron chi connectivity index (χ4n) is 4.20. The Balaban J connectivity index is 1.54. The molecule has 2 atom stereocenters. The van der Waals surface area contributed by atoms with E-state index in [9.17, 15) is 9.59 Å². The number of likely N-dealkylation sites (N-methyl/N-ethyl adjacent to an activating group) is 1. The summed E-state index contributed by atoms with van der Waals surface area (Å²) in [6, 6.07) is 0.531. The number of nitrogens with zero attached hydrogens (tertiary/aromatic N) is 5. The number of piperazine rings is 1. The molecule has 2 saturated heterocycles. The minimum absolute atomic E-state index is 0.00388. The zero-order valence-corrected chi connectivity index (χ0v) is 17.4. The van der Waals surface area contributed by atoms with Crippen LogP contribution in [0.2, 0.25) is 0 Å². The molecule has 3 heterocycles. The van der Waals surface area contributed by atoms with E-state index in [0.717, 1.165) is 52.1 Å². The van der Waals surface area contributed by atoms with Gasteiger partial charge in [-0.25, -0.2) is 0 Å². The SMILES string of the molecule is Cc1n[nH]nc1C(=O)N[C@H]1CC[C@@H](C(=O)N2CCN(C(C)C)CC2)CN(C)C1. The normalized spacial score (nSPS) is 25.0. The van der Waals surface area contributed by atoms with Crippen LogP contribution in [0.25, 0.3) is 0 Å². The molecule has 2 N–H and O–H groups in total. The van der Waals surface area contributed by atoms with Gasteiger partial charge in [0.05, 0.1) is 11.6 Å². The predicted molar refractivity (Wildman–Crippen MR) is 106 cm³/mol. The number of carbonyl (C=O) groups excluding carboxylic acids is 2. The monoisotopic (exact) mass is 391 g/mol. The highest BCUT2D eigenvalue weighted by Crippen LogP contribution is 2.20. The summed E-state index contributed by atoms with van der Waals surface area (Å²) in [4.78, 5) is 32.1. The first-order chi connectivity index (χ1) is 13.3. The molecule has 0 aromatic carbocycles. The highest BCUT2D eigenvalue weighted by Gasteiger charge is 2.32. The van der Waals surface area contributed by atoms with E-state index in [4.69, 9.17) is 0 Å². The van der Waals surface area contributed by atoms with Crippen molar-refractivity contribution in [2.24, 2.45) is 5.92 Å². The van der Waals surface area contributed by atoms with Gasteiger partial charge < -0.3 is 15.1 Å². The lowest BCUT2D eigenvalue weighted by molar-refractivity contribution is -0.138. The third-order valence-corrected chi connectivity index (χ3v) is 5.91. The summed E-state index contributed by atoms with van der Waals surface area (Å²) in [5, 5.41) is 13.4. The second-order valence-corrected chi connectivity index (χ2v) is 8.38. The molecule has 3 rings (SSSR count). The highest BCUT2D eigenvalue weighted by molar-refractivity contribution is 5.93. The standard InChI is InChI=1S/C19H33N7O2/c1-13(2)25-7-9-26(10-8-25)19(28)15-5-6-16(12-24(4)11-15)20-18(27)17-14(3)21-23-22-17/h13,15-16H,5-12H2,1-4H3,(H,20,27)(H,21,22,23)/t15-,16+/m1/s1. The third-order valence-electron chi connectivity index (χ3n) is 5.91. The van der Waals surface area contributed by atoms with Gasteiger partial charge in [-0.1, -0.05) is 0 Å². The van der Waals surface area contributed by atoms with Gasteiger partial charge in [-0.3, -0.25) is 14.5 Å². The summed E-state index contributed by atoms with van der Waals surface area (Å²) in [6.07, 6.45) is 1.58. The molecule has 0 aliphatic carbocycles. The molecule has 2 aliphatic heterocycles. The first-order valence-electron chi connectivity index (χ1n) is 10.2. The second kappa shape index (κ2) is 9.00. The van der Waals surface area contributed by atoms with Crippen LogP contribution >= 0.6 is 0 Å². The number of hydrogen-bond donors (Lipinski definition) is 2. The summed E-state index contributed by atoms with van der Waals surface area (Å²) in [6.45, 7) is 11.1. The first kappa shape index (κ1) is 20.7. The number of H-pyrrole nitrogens is 1. The van der Waals surface area contributed by atoms with E-state index in [-0.39, 0.29) is 23.8 Å². The number of likely N-dealkylation sites (tertiary alicyclic amines) is 1. The van der Waals surface area contributed by atoms with E-state index in [0.29, 0.717) is 17.4 Å². The summed E-state index contributed by atoms with van der Waals surface area (Å²) in [7, 11) is 2.02. The Labute approximate surface area is 166 Å². The van der Waals surface area contributed by atoms with Crippen molar-refractivity contribution in [1.29, 1.82) is 0 Å². The topological polar surface area (TPSA) is 97.5 Å². The number of aromatic nitrogens is 3. The van der Waals surface area contributed by atoms with Crippen LogP contribution in [0.15, 0.2) is 0 Å². The van der Waals surface area contributed by atoms with E-state index in [1.54, 1.807) is 6.92 Å². The second-order valence-electron chi connectivity index (χ2n) is 8.38. The molecule has 9 heteroatoms. The molecule has 2 fully saturated rings. The van der Waals surface area contributed by atoms with Gasteiger partial charge in [0.1, 0.15) is 0 Å². The van der Waals surface area contributed by atoms with E-state index in [1.807, 2.05) is 11.9 Å². The maximum absolute atomic E-state index is 13.1. The maximum atomic E-state index is 13.1. The maximum Gasteiger partial charge on any atom is 0.274 e. The van der Waals surface area contributed by atoms with Crippen molar-refractivity contribution < 1.29 is 9.59 Å². The van der Waals surface area contributed by atoms with E-state index < -0.39 is 0 Å². The van der Waals surface area contributed by atoms with Crippen molar-refractivity contribution in [3.8, 4) is 0 Å². The van der Waals surface area contributed by atoms with Gasteiger partial charge in [0, 0.05) is 51.4 Å². The lowest BCUT2D eigenvalue weighted by Gasteiger charge is -2.38. The molecule has 156 valence electrons. The summed E-state index contributed by atoms with van der Waals surface area (Å²) >= 11 is 0. The molecular formula is C19H33N7O2. The van der Waals surface area contributed by atoms with Crippen molar-refractivity contribution in [1.82, 2.24) is 35.4 Å². The highest BCUT2D eigenvalue weighted by atomic mass is 16.2. The molecule has 0 saturated carbocycles. The van der Waals surface area contributed by atoms with Crippen LogP contribution in [0.4, 0.5) is 0 Å². The van der Waals surface area contributed by atoms with Gasteiger partial charge in [0.15, 0.2) is 5.69 Å². The average Bonchev–Trinajstić information content (AvgIpc) is 3.01. The van der Waals surface area contributed by atoms with E-state index >= 15 is 0 Å². The number of nitrogens with one attached hydrogen (secondary N) is 2. The van der Waals surface area contributed by atoms with Crippen LogP contribution in [0.1, 0.15) is 42.9 Å². The van der Waals surface area contributed by atoms with Crippen molar-refractivity contribution in [2.75, 3.05) is 46.3 Å². The fourth-order valence-corrected chi connectivity index (χ4v) is 4.20.